The molecule has 9 atom stereocenters. The van der Waals surface area contributed by atoms with Gasteiger partial charge in [0.2, 0.25) is 0 Å². The molecule has 0 unspecified atom stereocenters. The minimum absolute atomic E-state index is 0.0613. The maximum Gasteiger partial charge on any atom is 0.0759 e. The van der Waals surface area contributed by atoms with Crippen molar-refractivity contribution in [3.63, 3.8) is 0 Å². The number of aliphatic hydroxyl groups is 3. The second kappa shape index (κ2) is 5.56. The zero-order chi connectivity index (χ0) is 17.3. The van der Waals surface area contributed by atoms with Gasteiger partial charge in [-0.1, -0.05) is 19.9 Å². The molecule has 3 heteroatoms. The molecule has 4 rings (SSSR count). The first-order valence-electron chi connectivity index (χ1n) is 10.0. The number of hydrogen-bond donors (Lipinski definition) is 3. The van der Waals surface area contributed by atoms with E-state index in [-0.39, 0.29) is 29.1 Å². The van der Waals surface area contributed by atoms with Crippen molar-refractivity contribution in [3.8, 4) is 0 Å². The van der Waals surface area contributed by atoms with Gasteiger partial charge >= 0.3 is 0 Å². The van der Waals surface area contributed by atoms with Gasteiger partial charge in [-0.15, -0.1) is 0 Å². The Morgan fingerprint density at radius 1 is 1.04 bits per heavy atom. The van der Waals surface area contributed by atoms with E-state index in [0.717, 1.165) is 31.3 Å². The molecule has 0 aromatic carbocycles. The molecule has 3 nitrogen and oxygen atoms in total. The quantitative estimate of drug-likeness (QED) is 0.645. The van der Waals surface area contributed by atoms with Crippen molar-refractivity contribution < 1.29 is 15.3 Å². The molecule has 3 N–H and O–H groups in total. The highest BCUT2D eigenvalue weighted by molar-refractivity contribution is 5.29. The topological polar surface area (TPSA) is 60.7 Å². The molecule has 0 aromatic rings. The van der Waals surface area contributed by atoms with Crippen LogP contribution in [0.5, 0.6) is 0 Å². The monoisotopic (exact) mass is 334 g/mol. The molecule has 24 heavy (non-hydrogen) atoms. The Balaban J connectivity index is 1.68. The molecule has 0 bridgehead atoms. The summed E-state index contributed by atoms with van der Waals surface area (Å²) in [5.74, 6) is 2.25. The molecule has 136 valence electrons. The van der Waals surface area contributed by atoms with Crippen LogP contribution in [0.4, 0.5) is 0 Å². The molecular formula is C21H34O3. The zero-order valence-electron chi connectivity index (χ0n) is 15.4. The van der Waals surface area contributed by atoms with Crippen LogP contribution in [0.1, 0.15) is 65.7 Å². The van der Waals surface area contributed by atoms with Gasteiger partial charge < -0.3 is 15.3 Å². The van der Waals surface area contributed by atoms with Gasteiger partial charge in [0, 0.05) is 0 Å². The fraction of sp³-hybridized carbons (Fsp3) is 0.905. The van der Waals surface area contributed by atoms with Crippen LogP contribution in [-0.4, -0.2) is 33.6 Å². The summed E-state index contributed by atoms with van der Waals surface area (Å²) in [6.07, 6.45) is 8.41. The van der Waals surface area contributed by atoms with Gasteiger partial charge in [-0.25, -0.2) is 0 Å². The van der Waals surface area contributed by atoms with E-state index in [0.29, 0.717) is 23.7 Å². The van der Waals surface area contributed by atoms with E-state index in [4.69, 9.17) is 0 Å². The summed E-state index contributed by atoms with van der Waals surface area (Å²) in [6.45, 7) is 6.71. The SMILES string of the molecule is C[C@H](O)[C@H]1CC[C@H]2[C@@H]3C[C@H](O)C4=C[C@@H](O)CC[C@]4(C)[C@H]3CC[C@]12C. The fourth-order valence-corrected chi connectivity index (χ4v) is 7.59. The van der Waals surface area contributed by atoms with Crippen LogP contribution in [0.3, 0.4) is 0 Å². The molecule has 0 saturated heterocycles. The molecule has 0 aromatic heterocycles. The molecule has 0 heterocycles. The highest BCUT2D eigenvalue weighted by atomic mass is 16.3. The summed E-state index contributed by atoms with van der Waals surface area (Å²) in [6, 6.07) is 0. The van der Waals surface area contributed by atoms with E-state index in [1.54, 1.807) is 0 Å². The van der Waals surface area contributed by atoms with E-state index in [1.165, 1.54) is 19.3 Å². The molecule has 4 aliphatic rings. The van der Waals surface area contributed by atoms with Crippen molar-refractivity contribution in [1.29, 1.82) is 0 Å². The molecule has 0 spiro atoms. The normalized spacial score (nSPS) is 55.2. The predicted octanol–water partition coefficient (Wildman–Crippen LogP) is 3.28. The first-order chi connectivity index (χ1) is 11.3. The highest BCUT2D eigenvalue weighted by Crippen LogP contribution is 2.67. The third-order valence-electron chi connectivity index (χ3n) is 8.76. The summed E-state index contributed by atoms with van der Waals surface area (Å²) < 4.78 is 0. The van der Waals surface area contributed by atoms with E-state index >= 15 is 0 Å². The van der Waals surface area contributed by atoms with Crippen molar-refractivity contribution in [2.45, 2.75) is 84.0 Å². The lowest BCUT2D eigenvalue weighted by Crippen LogP contribution is -2.54. The molecule has 4 aliphatic carbocycles. The zero-order valence-corrected chi connectivity index (χ0v) is 15.4. The maximum atomic E-state index is 10.9. The molecule has 0 aliphatic heterocycles. The van der Waals surface area contributed by atoms with E-state index in [1.807, 2.05) is 13.0 Å². The second-order valence-electron chi connectivity index (χ2n) is 9.74. The largest absolute Gasteiger partial charge is 0.393 e. The van der Waals surface area contributed by atoms with Gasteiger partial charge in [0.25, 0.3) is 0 Å². The van der Waals surface area contributed by atoms with Gasteiger partial charge in [0.1, 0.15) is 0 Å². The minimum atomic E-state index is -0.390. The van der Waals surface area contributed by atoms with Crippen molar-refractivity contribution in [2.24, 2.45) is 34.5 Å². The Kier molecular flexibility index (Phi) is 3.95. The third-order valence-corrected chi connectivity index (χ3v) is 8.76. The van der Waals surface area contributed by atoms with Crippen LogP contribution in [0.25, 0.3) is 0 Å². The number of rotatable bonds is 1. The number of aliphatic hydroxyl groups excluding tert-OH is 3. The minimum Gasteiger partial charge on any atom is -0.393 e. The first kappa shape index (κ1) is 17.1. The molecular weight excluding hydrogens is 300 g/mol. The summed E-state index contributed by atoms with van der Waals surface area (Å²) in [5.41, 5.74) is 1.42. The van der Waals surface area contributed by atoms with E-state index in [2.05, 4.69) is 13.8 Å². The van der Waals surface area contributed by atoms with E-state index < -0.39 is 0 Å². The smallest absolute Gasteiger partial charge is 0.0759 e. The average Bonchev–Trinajstić information content (AvgIpc) is 2.87. The van der Waals surface area contributed by atoms with Gasteiger partial charge in [-0.2, -0.15) is 0 Å². The van der Waals surface area contributed by atoms with Crippen LogP contribution in [0.2, 0.25) is 0 Å². The Labute approximate surface area is 146 Å². The Hall–Kier alpha value is -0.380. The van der Waals surface area contributed by atoms with Gasteiger partial charge in [0.05, 0.1) is 18.3 Å². The summed E-state index contributed by atoms with van der Waals surface area (Å²) >= 11 is 0. The van der Waals surface area contributed by atoms with Crippen molar-refractivity contribution >= 4 is 0 Å². The van der Waals surface area contributed by atoms with Gasteiger partial charge in [0.15, 0.2) is 0 Å². The second-order valence-corrected chi connectivity index (χ2v) is 9.74. The number of hydrogen-bond acceptors (Lipinski definition) is 3. The summed E-state index contributed by atoms with van der Waals surface area (Å²) in [5, 5.41) is 31.2. The molecule has 3 fully saturated rings. The van der Waals surface area contributed by atoms with Crippen LogP contribution >= 0.6 is 0 Å². The lowest BCUT2D eigenvalue weighted by Gasteiger charge is -2.59. The van der Waals surface area contributed by atoms with Crippen LogP contribution in [-0.2, 0) is 0 Å². The molecule has 3 saturated carbocycles. The third kappa shape index (κ3) is 2.20. The van der Waals surface area contributed by atoms with Crippen molar-refractivity contribution in [1.82, 2.24) is 0 Å². The average molecular weight is 335 g/mol. The van der Waals surface area contributed by atoms with E-state index in [9.17, 15) is 15.3 Å². The maximum absolute atomic E-state index is 10.9. The standard InChI is InChI=1S/C21H34O3/c1-12(22)15-4-5-16-14-11-19(24)18-10-13(23)6-8-21(18,3)17(14)7-9-20(15,16)2/h10,12-17,19,22-24H,4-9,11H2,1-3H3/t12-,13-,14-,15+,16-,17-,19-,20+,21+/m0/s1. The van der Waals surface area contributed by atoms with Crippen LogP contribution in [0.15, 0.2) is 11.6 Å². The lowest BCUT2D eigenvalue weighted by molar-refractivity contribution is -0.0936. The van der Waals surface area contributed by atoms with Crippen LogP contribution in [0, 0.1) is 34.5 Å². The first-order valence-corrected chi connectivity index (χ1v) is 10.0. The Morgan fingerprint density at radius 3 is 2.50 bits per heavy atom. The van der Waals surface area contributed by atoms with Gasteiger partial charge in [-0.3, -0.25) is 0 Å². The van der Waals surface area contributed by atoms with Crippen molar-refractivity contribution in [3.05, 3.63) is 11.6 Å². The summed E-state index contributed by atoms with van der Waals surface area (Å²) in [7, 11) is 0. The highest BCUT2D eigenvalue weighted by Gasteiger charge is 2.60. The Morgan fingerprint density at radius 2 is 1.79 bits per heavy atom. The van der Waals surface area contributed by atoms with Gasteiger partial charge in [-0.05, 0) is 91.9 Å². The lowest BCUT2D eigenvalue weighted by atomic mass is 9.46. The van der Waals surface area contributed by atoms with Crippen molar-refractivity contribution in [2.75, 3.05) is 0 Å². The predicted molar refractivity (Wildman–Crippen MR) is 94.3 cm³/mol. The molecule has 0 radical (unpaired) electrons. The summed E-state index contributed by atoms with van der Waals surface area (Å²) in [4.78, 5) is 0. The number of fused-ring (bicyclic) bond motifs is 5. The molecule has 0 amide bonds. The Bertz CT molecular complexity index is 541. The fourth-order valence-electron chi connectivity index (χ4n) is 7.59. The van der Waals surface area contributed by atoms with Crippen LogP contribution < -0.4 is 0 Å².